The molecular weight excluding hydrogens is 458 g/mol. The maximum absolute atomic E-state index is 12.1. The van der Waals surface area contributed by atoms with Crippen LogP contribution in [0.25, 0.3) is 11.1 Å². The first-order chi connectivity index (χ1) is 16.4. The van der Waals surface area contributed by atoms with Gasteiger partial charge in [0.05, 0.1) is 20.3 Å². The van der Waals surface area contributed by atoms with Crippen molar-refractivity contribution in [2.45, 2.75) is 24.8 Å². The van der Waals surface area contributed by atoms with Crippen LogP contribution in [0.1, 0.15) is 13.8 Å². The Hall–Kier alpha value is -3.70. The molecule has 0 aliphatic carbocycles. The van der Waals surface area contributed by atoms with Gasteiger partial charge in [-0.2, -0.15) is 4.98 Å². The molecule has 180 valence electrons. The van der Waals surface area contributed by atoms with Crippen LogP contribution in [0, 0.1) is 0 Å². The number of methoxy groups -OCH3 is 1. The minimum atomic E-state index is -1.86. The fourth-order valence-corrected chi connectivity index (χ4v) is 3.53. The van der Waals surface area contributed by atoms with E-state index in [0.717, 1.165) is 16.9 Å². The number of aromatic nitrogens is 2. The summed E-state index contributed by atoms with van der Waals surface area (Å²) in [5.74, 6) is 1.62. The molecule has 1 amide bonds. The van der Waals surface area contributed by atoms with Gasteiger partial charge in [0, 0.05) is 23.5 Å². The molecule has 2 aromatic carbocycles. The van der Waals surface area contributed by atoms with Crippen LogP contribution in [0.3, 0.4) is 0 Å². The minimum absolute atomic E-state index is 0.0652. The predicted octanol–water partition coefficient (Wildman–Crippen LogP) is 4.35. The summed E-state index contributed by atoms with van der Waals surface area (Å²) in [6.07, 6.45) is 0.816. The average Bonchev–Trinajstić information content (AvgIpc) is 2.85. The second kappa shape index (κ2) is 12.0. The van der Waals surface area contributed by atoms with Gasteiger partial charge in [0.25, 0.3) is 0 Å². The standard InChI is InChI=1S/C23H26N5O5S/c1-4-33-23(30)28-34(31)19-11-7-17(8-12-19)26-22-24-13-20(21(27-22)25-15(2)14-29)16-5-9-18(32-3)10-6-16/h5-13,15,29H,4,14H2,1-3H3,(H2,24,25,26,27)/q-1/t15-/m1/s1. The number of amides is 1. The lowest BCUT2D eigenvalue weighted by molar-refractivity contribution is 0.164. The fourth-order valence-electron chi connectivity index (χ4n) is 2.87. The van der Waals surface area contributed by atoms with Crippen LogP contribution in [-0.4, -0.2) is 47.5 Å². The lowest BCUT2D eigenvalue weighted by Crippen LogP contribution is -2.21. The van der Waals surface area contributed by atoms with Crippen molar-refractivity contribution in [1.82, 2.24) is 9.97 Å². The molecule has 34 heavy (non-hydrogen) atoms. The summed E-state index contributed by atoms with van der Waals surface area (Å²) in [7, 11) is -0.254. The maximum Gasteiger partial charge on any atom is 0.410 e. The molecule has 0 aliphatic rings. The zero-order valence-electron chi connectivity index (χ0n) is 19.0. The Kier molecular flexibility index (Phi) is 8.77. The molecule has 1 aromatic heterocycles. The highest BCUT2D eigenvalue weighted by Crippen LogP contribution is 2.29. The number of carbonyl (C=O) groups excluding carboxylic acids is 1. The van der Waals surface area contributed by atoms with Crippen molar-refractivity contribution in [2.24, 2.45) is 4.36 Å². The Morgan fingerprint density at radius 3 is 2.50 bits per heavy atom. The number of ether oxygens (including phenoxy) is 2. The largest absolute Gasteiger partial charge is 0.497 e. The highest BCUT2D eigenvalue weighted by Gasteiger charge is 2.12. The van der Waals surface area contributed by atoms with Gasteiger partial charge >= 0.3 is 6.09 Å². The highest BCUT2D eigenvalue weighted by atomic mass is 32.2. The molecule has 11 heteroatoms. The normalized spacial score (nSPS) is 12.6. The monoisotopic (exact) mass is 484 g/mol. The van der Waals surface area contributed by atoms with Gasteiger partial charge in [-0.3, -0.25) is 4.36 Å². The van der Waals surface area contributed by atoms with Crippen molar-refractivity contribution in [3.05, 3.63) is 54.7 Å². The first kappa shape index (κ1) is 24.9. The van der Waals surface area contributed by atoms with Gasteiger partial charge in [-0.05, 0) is 43.7 Å². The van der Waals surface area contributed by atoms with Crippen molar-refractivity contribution < 1.29 is 23.6 Å². The van der Waals surface area contributed by atoms with Gasteiger partial charge < -0.3 is 29.4 Å². The Labute approximate surface area is 199 Å². The molecule has 0 radical (unpaired) electrons. The number of nitrogens with zero attached hydrogens (tertiary/aromatic N) is 3. The second-order valence-corrected chi connectivity index (χ2v) is 8.25. The second-order valence-electron chi connectivity index (χ2n) is 7.10. The number of anilines is 3. The van der Waals surface area contributed by atoms with Gasteiger partial charge in [-0.15, -0.1) is 10.6 Å². The van der Waals surface area contributed by atoms with Crippen molar-refractivity contribution in [3.63, 3.8) is 0 Å². The zero-order valence-corrected chi connectivity index (χ0v) is 19.8. The van der Waals surface area contributed by atoms with E-state index in [1.807, 2.05) is 31.2 Å². The molecular formula is C23H26N5O5S-. The smallest absolute Gasteiger partial charge is 0.410 e. The van der Waals surface area contributed by atoms with E-state index in [1.165, 1.54) is 0 Å². The Balaban J connectivity index is 1.83. The Morgan fingerprint density at radius 2 is 1.88 bits per heavy atom. The highest BCUT2D eigenvalue weighted by molar-refractivity contribution is 7.75. The summed E-state index contributed by atoms with van der Waals surface area (Å²) in [4.78, 5) is 20.7. The Bertz CT molecular complexity index is 1200. The van der Waals surface area contributed by atoms with E-state index in [9.17, 15) is 14.1 Å². The van der Waals surface area contributed by atoms with Crippen molar-refractivity contribution in [3.8, 4) is 16.9 Å². The number of carbonyl (C=O) groups is 1. The van der Waals surface area contributed by atoms with Gasteiger partial charge in [0.1, 0.15) is 11.6 Å². The molecule has 0 fully saturated rings. The van der Waals surface area contributed by atoms with Crippen LogP contribution in [0.5, 0.6) is 5.75 Å². The van der Waals surface area contributed by atoms with Gasteiger partial charge in [-0.1, -0.05) is 29.2 Å². The topological polar surface area (TPSA) is 135 Å². The number of nitrogens with one attached hydrogen (secondary N) is 2. The molecule has 3 rings (SSSR count). The van der Waals surface area contributed by atoms with E-state index >= 15 is 0 Å². The average molecular weight is 485 g/mol. The van der Waals surface area contributed by atoms with E-state index < -0.39 is 16.7 Å². The summed E-state index contributed by atoms with van der Waals surface area (Å²) in [5, 5.41) is 15.8. The third kappa shape index (κ3) is 6.65. The number of hydrogen-bond donors (Lipinski definition) is 3. The summed E-state index contributed by atoms with van der Waals surface area (Å²) in [6, 6.07) is 13.8. The SMILES string of the molecule is CCOC(=O)N=[S-](=O)c1ccc(Nc2ncc(-c3ccc(OC)cc3)c(N[C@H](C)CO)n2)cc1. The first-order valence-electron chi connectivity index (χ1n) is 10.5. The quantitative estimate of drug-likeness (QED) is 0.379. The summed E-state index contributed by atoms with van der Waals surface area (Å²) in [6.45, 7) is 3.58. The minimum Gasteiger partial charge on any atom is -0.497 e. The van der Waals surface area contributed by atoms with Gasteiger partial charge in [0.15, 0.2) is 0 Å². The van der Waals surface area contributed by atoms with Gasteiger partial charge in [0.2, 0.25) is 5.95 Å². The number of aliphatic hydroxyl groups is 1. The van der Waals surface area contributed by atoms with Crippen LogP contribution < -0.4 is 15.4 Å². The van der Waals surface area contributed by atoms with Crippen LogP contribution in [0.15, 0.2) is 64.0 Å². The number of benzene rings is 2. The number of aliphatic hydroxyl groups excluding tert-OH is 1. The van der Waals surface area contributed by atoms with Crippen molar-refractivity contribution >= 4 is 34.1 Å². The van der Waals surface area contributed by atoms with E-state index in [0.29, 0.717) is 22.3 Å². The molecule has 0 spiro atoms. The summed E-state index contributed by atoms with van der Waals surface area (Å²) >= 11 is 0. The third-order valence-corrected chi connectivity index (χ3v) is 5.57. The van der Waals surface area contributed by atoms with E-state index in [4.69, 9.17) is 4.74 Å². The molecule has 1 heterocycles. The number of rotatable bonds is 9. The van der Waals surface area contributed by atoms with E-state index in [-0.39, 0.29) is 19.3 Å². The van der Waals surface area contributed by atoms with Crippen LogP contribution in [0.4, 0.5) is 22.2 Å². The third-order valence-electron chi connectivity index (χ3n) is 4.58. The molecule has 0 saturated heterocycles. The lowest BCUT2D eigenvalue weighted by Gasteiger charge is -2.17. The molecule has 0 unspecified atom stereocenters. The molecule has 0 bridgehead atoms. The van der Waals surface area contributed by atoms with Crippen LogP contribution in [-0.2, 0) is 19.5 Å². The molecule has 0 saturated carbocycles. The molecule has 0 aliphatic heterocycles. The molecule has 10 nitrogen and oxygen atoms in total. The molecule has 3 N–H and O–H groups in total. The first-order valence-corrected chi connectivity index (χ1v) is 11.6. The van der Waals surface area contributed by atoms with Gasteiger partial charge in [-0.25, -0.2) is 9.78 Å². The zero-order chi connectivity index (χ0) is 24.5. The van der Waals surface area contributed by atoms with Crippen LogP contribution >= 0.6 is 0 Å². The lowest BCUT2D eigenvalue weighted by atomic mass is 10.1. The van der Waals surface area contributed by atoms with Crippen molar-refractivity contribution in [2.75, 3.05) is 31.0 Å². The Morgan fingerprint density at radius 1 is 1.18 bits per heavy atom. The van der Waals surface area contributed by atoms with Crippen molar-refractivity contribution in [1.29, 1.82) is 0 Å². The summed E-state index contributed by atoms with van der Waals surface area (Å²) in [5.41, 5.74) is 2.30. The summed E-state index contributed by atoms with van der Waals surface area (Å²) < 4.78 is 25.5. The molecule has 3 aromatic rings. The fraction of sp³-hybridized carbons (Fsp3) is 0.261. The maximum atomic E-state index is 12.1. The van der Waals surface area contributed by atoms with E-state index in [1.54, 1.807) is 44.5 Å². The molecule has 1 atom stereocenters. The predicted molar refractivity (Wildman–Crippen MR) is 130 cm³/mol. The van der Waals surface area contributed by atoms with E-state index in [2.05, 4.69) is 29.7 Å². The van der Waals surface area contributed by atoms with Crippen LogP contribution in [0.2, 0.25) is 0 Å². The number of hydrogen-bond acceptors (Lipinski definition) is 10.